The van der Waals surface area contributed by atoms with Crippen LogP contribution in [0.15, 0.2) is 72.3 Å². The van der Waals surface area contributed by atoms with Crippen molar-refractivity contribution < 1.29 is 4.57 Å². The van der Waals surface area contributed by atoms with Crippen LogP contribution in [-0.2, 0) is 4.57 Å². The molecule has 1 aliphatic heterocycles. The van der Waals surface area contributed by atoms with Crippen LogP contribution in [0.5, 0.6) is 0 Å². The summed E-state index contributed by atoms with van der Waals surface area (Å²) in [6, 6.07) is 19.7. The highest BCUT2D eigenvalue weighted by Gasteiger charge is 2.53. The van der Waals surface area contributed by atoms with Crippen molar-refractivity contribution in [2.24, 2.45) is 10.8 Å². The van der Waals surface area contributed by atoms with Crippen molar-refractivity contribution in [1.29, 1.82) is 0 Å². The monoisotopic (exact) mass is 473 g/mol. The lowest BCUT2D eigenvalue weighted by Crippen LogP contribution is -2.33. The van der Waals surface area contributed by atoms with Crippen LogP contribution in [-0.4, -0.2) is 17.3 Å². The van der Waals surface area contributed by atoms with E-state index in [4.69, 9.17) is 23.2 Å². The number of halogens is 2. The summed E-state index contributed by atoms with van der Waals surface area (Å²) in [5.74, 6) is 3.51. The van der Waals surface area contributed by atoms with E-state index >= 15 is 0 Å². The van der Waals surface area contributed by atoms with Crippen LogP contribution >= 0.6 is 30.5 Å². The third-order valence-corrected chi connectivity index (χ3v) is 9.97. The topological polar surface area (TPSA) is 20.3 Å². The second-order valence-electron chi connectivity index (χ2n) is 10.2. The fourth-order valence-corrected chi connectivity index (χ4v) is 9.30. The molecule has 2 bridgehead atoms. The Bertz CT molecular complexity index is 988. The Morgan fingerprint density at radius 3 is 1.87 bits per heavy atom. The molecule has 1 aliphatic carbocycles. The second-order valence-corrected chi connectivity index (χ2v) is 13.4. The fourth-order valence-electron chi connectivity index (χ4n) is 5.65. The van der Waals surface area contributed by atoms with Crippen molar-refractivity contribution in [3.8, 4) is 0 Å². The summed E-state index contributed by atoms with van der Waals surface area (Å²) in [6.45, 7) is 7.77. The molecule has 0 unspecified atom stereocenters. The van der Waals surface area contributed by atoms with Gasteiger partial charge in [0.1, 0.15) is 0 Å². The number of hydrogen-bond donors (Lipinski definition) is 0. The highest BCUT2D eigenvalue weighted by atomic mass is 35.5. The lowest BCUT2D eigenvalue weighted by atomic mass is 9.65. The van der Waals surface area contributed by atoms with E-state index in [1.54, 1.807) is 11.6 Å². The maximum absolute atomic E-state index is 14.7. The third kappa shape index (κ3) is 5.04. The third-order valence-electron chi connectivity index (χ3n) is 6.48. The molecule has 0 N–H and O–H groups in total. The fraction of sp³-hybridized carbons (Fsp3) is 0.385. The van der Waals surface area contributed by atoms with Crippen LogP contribution in [0.25, 0.3) is 10.1 Å². The lowest BCUT2D eigenvalue weighted by Gasteiger charge is -2.40. The van der Waals surface area contributed by atoms with Crippen molar-refractivity contribution in [1.82, 2.24) is 4.67 Å². The number of rotatable bonds is 5. The molecule has 2 aliphatic rings. The average Bonchev–Trinajstić information content (AvgIpc) is 2.98. The largest absolute Gasteiger partial charge is 0.297 e. The maximum atomic E-state index is 14.7. The van der Waals surface area contributed by atoms with Crippen molar-refractivity contribution >= 4 is 40.6 Å². The van der Waals surface area contributed by atoms with E-state index in [0.29, 0.717) is 10.1 Å². The summed E-state index contributed by atoms with van der Waals surface area (Å²) in [7, 11) is -3.13. The normalized spacial score (nSPS) is 26.8. The summed E-state index contributed by atoms with van der Waals surface area (Å²) < 4.78 is 16.9. The van der Waals surface area contributed by atoms with Gasteiger partial charge in [-0.05, 0) is 41.2 Å². The summed E-state index contributed by atoms with van der Waals surface area (Å²) >= 11 is 13.4. The minimum absolute atomic E-state index is 0.155. The molecule has 2 aromatic rings. The van der Waals surface area contributed by atoms with Gasteiger partial charge in [-0.25, -0.2) is 4.67 Å². The zero-order valence-corrected chi connectivity index (χ0v) is 20.8. The average molecular weight is 474 g/mol. The summed E-state index contributed by atoms with van der Waals surface area (Å²) in [4.78, 5) is 0. The van der Waals surface area contributed by atoms with Gasteiger partial charge in [-0.3, -0.25) is 4.57 Å². The van der Waals surface area contributed by atoms with Gasteiger partial charge in [0.15, 0.2) is 7.29 Å². The van der Waals surface area contributed by atoms with E-state index in [2.05, 4.69) is 25.4 Å². The Kier molecular flexibility index (Phi) is 6.32. The van der Waals surface area contributed by atoms with E-state index in [1.165, 1.54) is 0 Å². The molecule has 1 saturated heterocycles. The lowest BCUT2D eigenvalue weighted by molar-refractivity contribution is 0.133. The molecule has 2 atom stereocenters. The quantitative estimate of drug-likeness (QED) is 0.404. The maximum Gasteiger partial charge on any atom is 0.196 e. The predicted molar refractivity (Wildman–Crippen MR) is 134 cm³/mol. The first-order valence-corrected chi connectivity index (χ1v) is 13.4. The molecule has 2 fully saturated rings. The Hall–Kier alpha value is -1.31. The molecular formula is C26H30Cl2NOP. The van der Waals surface area contributed by atoms with Crippen LogP contribution < -0.4 is 0 Å². The molecule has 2 aromatic carbocycles. The molecule has 0 amide bonds. The predicted octanol–water partition coefficient (Wildman–Crippen LogP) is 8.64. The summed E-state index contributed by atoms with van der Waals surface area (Å²) in [6.07, 6.45) is 3.23. The molecular weight excluding hydrogens is 444 g/mol. The first-order valence-electron chi connectivity index (χ1n) is 10.8. The van der Waals surface area contributed by atoms with Crippen LogP contribution in [0.1, 0.15) is 51.2 Å². The number of nitrogens with zero attached hydrogens (tertiary/aromatic N) is 1. The van der Waals surface area contributed by atoms with E-state index in [9.17, 15) is 4.57 Å². The molecule has 31 heavy (non-hydrogen) atoms. The van der Waals surface area contributed by atoms with E-state index in [1.807, 2.05) is 60.7 Å². The molecule has 5 heteroatoms. The smallest absolute Gasteiger partial charge is 0.196 e. The molecule has 0 radical (unpaired) electrons. The minimum Gasteiger partial charge on any atom is -0.297 e. The van der Waals surface area contributed by atoms with Gasteiger partial charge >= 0.3 is 0 Å². The van der Waals surface area contributed by atoms with Crippen LogP contribution in [0.2, 0.25) is 0 Å². The second kappa shape index (κ2) is 8.56. The van der Waals surface area contributed by atoms with Gasteiger partial charge in [0.25, 0.3) is 0 Å². The first kappa shape index (κ1) is 22.9. The number of benzene rings is 2. The number of fused-ring (bicyclic) bond motifs is 2. The summed E-state index contributed by atoms with van der Waals surface area (Å²) in [5.41, 5.74) is 2.11. The van der Waals surface area contributed by atoms with E-state index < -0.39 is 7.29 Å². The standard InChI is InChI=1S/C26H30Cl2NOP/c1-25(2)14-22-15-26(3,18-25)19-29(22)31(30,16-23(27)20-10-6-4-7-11-20)17-24(28)21-12-8-5-9-13-21/h4-13,16-17,22H,14-15,18-19H2,1-3H3/b23-16-,24-17-/t22-,26+/m1/s1. The minimum atomic E-state index is -3.13. The van der Waals surface area contributed by atoms with Gasteiger partial charge in [0.2, 0.25) is 0 Å². The molecule has 1 heterocycles. The van der Waals surface area contributed by atoms with Gasteiger partial charge in [0.05, 0.1) is 10.1 Å². The van der Waals surface area contributed by atoms with E-state index in [-0.39, 0.29) is 16.9 Å². The van der Waals surface area contributed by atoms with Crippen molar-refractivity contribution in [2.45, 2.75) is 46.1 Å². The van der Waals surface area contributed by atoms with Gasteiger partial charge in [-0.15, -0.1) is 0 Å². The molecule has 2 nitrogen and oxygen atoms in total. The van der Waals surface area contributed by atoms with Gasteiger partial charge in [-0.1, -0.05) is 105 Å². The van der Waals surface area contributed by atoms with Gasteiger partial charge < -0.3 is 0 Å². The molecule has 0 aromatic heterocycles. The Labute approximate surface area is 196 Å². The Morgan fingerprint density at radius 1 is 0.903 bits per heavy atom. The first-order chi connectivity index (χ1) is 14.6. The summed E-state index contributed by atoms with van der Waals surface area (Å²) in [5, 5.41) is 1.01. The Morgan fingerprint density at radius 2 is 1.39 bits per heavy atom. The molecule has 0 spiro atoms. The van der Waals surface area contributed by atoms with Crippen LogP contribution in [0.4, 0.5) is 0 Å². The van der Waals surface area contributed by atoms with Crippen molar-refractivity contribution in [3.63, 3.8) is 0 Å². The molecule has 4 rings (SSSR count). The molecule has 1 saturated carbocycles. The van der Waals surface area contributed by atoms with Crippen LogP contribution in [0.3, 0.4) is 0 Å². The van der Waals surface area contributed by atoms with Gasteiger partial charge in [-0.2, -0.15) is 0 Å². The highest BCUT2D eigenvalue weighted by molar-refractivity contribution is 7.68. The SMILES string of the molecule is CC1(C)C[C@@H]2C[C@](C)(CN2P(=O)(/C=C(\Cl)c2ccccc2)/C=C(\Cl)c2ccccc2)C1. The highest BCUT2D eigenvalue weighted by Crippen LogP contribution is 2.65. The van der Waals surface area contributed by atoms with Crippen molar-refractivity contribution in [2.75, 3.05) is 6.54 Å². The molecule has 164 valence electrons. The zero-order valence-electron chi connectivity index (χ0n) is 18.4. The van der Waals surface area contributed by atoms with Gasteiger partial charge in [0, 0.05) is 24.2 Å². The zero-order chi connectivity index (χ0) is 22.3. The Balaban J connectivity index is 1.79. The van der Waals surface area contributed by atoms with Crippen molar-refractivity contribution in [3.05, 3.63) is 83.4 Å². The number of hydrogen-bond acceptors (Lipinski definition) is 1. The van der Waals surface area contributed by atoms with Crippen LogP contribution in [0, 0.1) is 10.8 Å². The van der Waals surface area contributed by atoms with E-state index in [0.717, 1.165) is 36.9 Å².